The number of thiazole rings is 1. The fourth-order valence-electron chi connectivity index (χ4n) is 2.15. The first-order chi connectivity index (χ1) is 11.6. The van der Waals surface area contributed by atoms with Crippen molar-refractivity contribution in [2.75, 3.05) is 7.11 Å². The molecule has 0 fully saturated rings. The van der Waals surface area contributed by atoms with Gasteiger partial charge < -0.3 is 15.2 Å². The summed E-state index contributed by atoms with van der Waals surface area (Å²) < 4.78 is 6.74. The molecule has 7 nitrogen and oxygen atoms in total. The maximum Gasteiger partial charge on any atom is 0.271 e. The molecule has 1 amide bonds. The van der Waals surface area contributed by atoms with Crippen molar-refractivity contribution in [3.63, 3.8) is 0 Å². The minimum Gasteiger partial charge on any atom is -0.504 e. The second kappa shape index (κ2) is 6.71. The third kappa shape index (κ3) is 3.38. The fourth-order valence-corrected chi connectivity index (χ4v) is 2.92. The number of rotatable bonds is 5. The number of phenolic OH excluding ortho intramolecular Hbond substituents is 1. The molecule has 3 aromatic rings. The Morgan fingerprint density at radius 3 is 3.00 bits per heavy atom. The zero-order valence-corrected chi connectivity index (χ0v) is 14.0. The van der Waals surface area contributed by atoms with E-state index in [1.54, 1.807) is 28.4 Å². The number of hydrogen-bond acceptors (Lipinski definition) is 6. The van der Waals surface area contributed by atoms with E-state index in [1.165, 1.54) is 24.5 Å². The number of aromatic hydroxyl groups is 1. The fraction of sp³-hybridized carbons (Fsp3) is 0.188. The Labute approximate surface area is 142 Å². The second-order valence-corrected chi connectivity index (χ2v) is 5.99. The standard InChI is InChI=1S/C16H16N4O3S/c1-20-8-11(7-18-20)16-19-12(9-24-16)15(22)17-6-10-3-4-13(21)14(5-10)23-2/h3-5,7-9,21H,6H2,1-2H3,(H,17,22). The summed E-state index contributed by atoms with van der Waals surface area (Å²) in [7, 11) is 3.31. The van der Waals surface area contributed by atoms with Crippen LogP contribution in [0.5, 0.6) is 11.5 Å². The smallest absolute Gasteiger partial charge is 0.271 e. The van der Waals surface area contributed by atoms with E-state index in [1.807, 2.05) is 13.2 Å². The Hall–Kier alpha value is -2.87. The van der Waals surface area contributed by atoms with Crippen LogP contribution in [0, 0.1) is 0 Å². The summed E-state index contributed by atoms with van der Waals surface area (Å²) in [5.41, 5.74) is 2.06. The molecule has 0 saturated carbocycles. The van der Waals surface area contributed by atoms with E-state index < -0.39 is 0 Å². The predicted octanol–water partition coefficient (Wildman–Crippen LogP) is 2.19. The first-order valence-corrected chi connectivity index (χ1v) is 8.03. The van der Waals surface area contributed by atoms with E-state index in [0.717, 1.165) is 16.1 Å². The molecular weight excluding hydrogens is 328 g/mol. The molecule has 0 bridgehead atoms. The van der Waals surface area contributed by atoms with Crippen LogP contribution in [-0.4, -0.2) is 32.9 Å². The highest BCUT2D eigenvalue weighted by molar-refractivity contribution is 7.13. The van der Waals surface area contributed by atoms with Crippen LogP contribution in [0.15, 0.2) is 36.0 Å². The number of phenols is 1. The molecule has 0 atom stereocenters. The summed E-state index contributed by atoms with van der Waals surface area (Å²) in [5.74, 6) is 0.177. The number of aryl methyl sites for hydroxylation is 1. The van der Waals surface area contributed by atoms with E-state index in [0.29, 0.717) is 18.0 Å². The SMILES string of the molecule is COc1cc(CNC(=O)c2csc(-c3cnn(C)c3)n2)ccc1O. The quantitative estimate of drug-likeness (QED) is 0.740. The molecule has 0 spiro atoms. The van der Waals surface area contributed by atoms with Crippen molar-refractivity contribution in [3.8, 4) is 22.1 Å². The van der Waals surface area contributed by atoms with Crippen LogP contribution in [0.3, 0.4) is 0 Å². The Morgan fingerprint density at radius 2 is 2.29 bits per heavy atom. The van der Waals surface area contributed by atoms with Crippen molar-refractivity contribution in [1.29, 1.82) is 0 Å². The van der Waals surface area contributed by atoms with E-state index in [9.17, 15) is 9.90 Å². The van der Waals surface area contributed by atoms with Gasteiger partial charge in [-0.05, 0) is 17.7 Å². The van der Waals surface area contributed by atoms with Crippen LogP contribution in [-0.2, 0) is 13.6 Å². The topological polar surface area (TPSA) is 89.3 Å². The maximum atomic E-state index is 12.2. The van der Waals surface area contributed by atoms with Crippen molar-refractivity contribution in [2.24, 2.45) is 7.05 Å². The molecular formula is C16H16N4O3S. The lowest BCUT2D eigenvalue weighted by atomic mass is 10.2. The number of nitrogens with zero attached hydrogens (tertiary/aromatic N) is 3. The van der Waals surface area contributed by atoms with Crippen LogP contribution >= 0.6 is 11.3 Å². The van der Waals surface area contributed by atoms with Crippen LogP contribution in [0.4, 0.5) is 0 Å². The van der Waals surface area contributed by atoms with Gasteiger partial charge >= 0.3 is 0 Å². The molecule has 3 rings (SSSR count). The van der Waals surface area contributed by atoms with Crippen LogP contribution in [0.1, 0.15) is 16.1 Å². The highest BCUT2D eigenvalue weighted by Crippen LogP contribution is 2.26. The molecule has 8 heteroatoms. The van der Waals surface area contributed by atoms with Crippen LogP contribution < -0.4 is 10.1 Å². The van der Waals surface area contributed by atoms with Gasteiger partial charge in [0.05, 0.1) is 13.3 Å². The van der Waals surface area contributed by atoms with Gasteiger partial charge in [-0.1, -0.05) is 6.07 Å². The van der Waals surface area contributed by atoms with Gasteiger partial charge in [0.15, 0.2) is 11.5 Å². The molecule has 0 saturated heterocycles. The van der Waals surface area contributed by atoms with Crippen molar-refractivity contribution in [1.82, 2.24) is 20.1 Å². The molecule has 0 unspecified atom stereocenters. The zero-order valence-electron chi connectivity index (χ0n) is 13.2. The molecule has 0 aliphatic rings. The average Bonchev–Trinajstić information content (AvgIpc) is 3.22. The average molecular weight is 344 g/mol. The van der Waals surface area contributed by atoms with Gasteiger partial charge in [0.25, 0.3) is 5.91 Å². The number of amides is 1. The van der Waals surface area contributed by atoms with Crippen LogP contribution in [0.2, 0.25) is 0 Å². The summed E-state index contributed by atoms with van der Waals surface area (Å²) in [6.45, 7) is 0.315. The van der Waals surface area contributed by atoms with Gasteiger partial charge in [-0.2, -0.15) is 5.10 Å². The first-order valence-electron chi connectivity index (χ1n) is 7.15. The van der Waals surface area contributed by atoms with E-state index in [4.69, 9.17) is 4.74 Å². The minimum absolute atomic E-state index is 0.0631. The molecule has 2 N–H and O–H groups in total. The molecule has 0 aliphatic heterocycles. The third-order valence-corrected chi connectivity index (χ3v) is 4.28. The lowest BCUT2D eigenvalue weighted by Crippen LogP contribution is -2.23. The van der Waals surface area contributed by atoms with Crippen molar-refractivity contribution < 1.29 is 14.6 Å². The van der Waals surface area contributed by atoms with Gasteiger partial charge in [-0.25, -0.2) is 4.98 Å². The monoisotopic (exact) mass is 344 g/mol. The zero-order chi connectivity index (χ0) is 17.1. The Kier molecular flexibility index (Phi) is 4.48. The summed E-state index contributed by atoms with van der Waals surface area (Å²) >= 11 is 1.40. The van der Waals surface area contributed by atoms with Gasteiger partial charge in [0.1, 0.15) is 10.7 Å². The Morgan fingerprint density at radius 1 is 1.46 bits per heavy atom. The Bertz CT molecular complexity index is 872. The molecule has 0 radical (unpaired) electrons. The largest absolute Gasteiger partial charge is 0.504 e. The number of carbonyl (C=O) groups excluding carboxylic acids is 1. The number of benzene rings is 1. The number of nitrogens with one attached hydrogen (secondary N) is 1. The molecule has 0 aliphatic carbocycles. The predicted molar refractivity (Wildman–Crippen MR) is 90.1 cm³/mol. The van der Waals surface area contributed by atoms with E-state index >= 15 is 0 Å². The van der Waals surface area contributed by atoms with Crippen molar-refractivity contribution in [3.05, 3.63) is 47.2 Å². The van der Waals surface area contributed by atoms with Gasteiger partial charge in [-0.3, -0.25) is 9.48 Å². The number of ether oxygens (including phenoxy) is 1. The summed E-state index contributed by atoms with van der Waals surface area (Å²) in [6, 6.07) is 4.93. The summed E-state index contributed by atoms with van der Waals surface area (Å²) in [5, 5.41) is 18.9. The molecule has 24 heavy (non-hydrogen) atoms. The molecule has 2 aromatic heterocycles. The third-order valence-electron chi connectivity index (χ3n) is 3.39. The lowest BCUT2D eigenvalue weighted by Gasteiger charge is -2.07. The van der Waals surface area contributed by atoms with Crippen molar-refractivity contribution >= 4 is 17.2 Å². The number of aromatic nitrogens is 3. The van der Waals surface area contributed by atoms with Gasteiger partial charge in [0.2, 0.25) is 0 Å². The summed E-state index contributed by atoms with van der Waals surface area (Å²) in [6.07, 6.45) is 3.56. The highest BCUT2D eigenvalue weighted by atomic mass is 32.1. The number of carbonyl (C=O) groups is 1. The second-order valence-electron chi connectivity index (χ2n) is 5.13. The summed E-state index contributed by atoms with van der Waals surface area (Å²) in [4.78, 5) is 16.6. The minimum atomic E-state index is -0.256. The van der Waals surface area contributed by atoms with E-state index in [-0.39, 0.29) is 11.7 Å². The molecule has 2 heterocycles. The highest BCUT2D eigenvalue weighted by Gasteiger charge is 2.13. The first kappa shape index (κ1) is 16.0. The Balaban J connectivity index is 1.66. The van der Waals surface area contributed by atoms with Gasteiger partial charge in [0, 0.05) is 30.7 Å². The van der Waals surface area contributed by atoms with E-state index in [2.05, 4.69) is 15.4 Å². The number of methoxy groups -OCH3 is 1. The molecule has 124 valence electrons. The van der Waals surface area contributed by atoms with Gasteiger partial charge in [-0.15, -0.1) is 11.3 Å². The molecule has 1 aromatic carbocycles. The van der Waals surface area contributed by atoms with Crippen molar-refractivity contribution in [2.45, 2.75) is 6.54 Å². The lowest BCUT2D eigenvalue weighted by molar-refractivity contribution is 0.0946. The number of hydrogen-bond donors (Lipinski definition) is 2. The van der Waals surface area contributed by atoms with Crippen LogP contribution in [0.25, 0.3) is 10.6 Å². The maximum absolute atomic E-state index is 12.2. The normalized spacial score (nSPS) is 10.6.